The Morgan fingerprint density at radius 3 is 2.24 bits per heavy atom. The number of piperidine rings is 1. The second-order valence-electron chi connectivity index (χ2n) is 5.50. The summed E-state index contributed by atoms with van der Waals surface area (Å²) in [4.78, 5) is 2.43. The summed E-state index contributed by atoms with van der Waals surface area (Å²) in [6.45, 7) is 0. The molecule has 2 unspecified atom stereocenters. The number of halogens is 1. The second kappa shape index (κ2) is 3.98. The molecule has 0 aromatic heterocycles. The normalized spacial score (nSPS) is 37.4. The van der Waals surface area contributed by atoms with Crippen LogP contribution in [-0.4, -0.2) is 29.1 Å². The van der Waals surface area contributed by atoms with Crippen molar-refractivity contribution in [3.05, 3.63) is 34.9 Å². The van der Waals surface area contributed by atoms with Crippen molar-refractivity contribution in [1.29, 1.82) is 0 Å². The third-order valence-electron chi connectivity index (χ3n) is 4.51. The highest BCUT2D eigenvalue weighted by atomic mass is 35.5. The lowest BCUT2D eigenvalue weighted by Crippen LogP contribution is -2.47. The first kappa shape index (κ1) is 11.5. The van der Waals surface area contributed by atoms with E-state index in [4.69, 9.17) is 11.6 Å². The summed E-state index contributed by atoms with van der Waals surface area (Å²) in [5.41, 5.74) is 0.370. The highest BCUT2D eigenvalue weighted by Gasteiger charge is 2.46. The topological polar surface area (TPSA) is 23.5 Å². The lowest BCUT2D eigenvalue weighted by molar-refractivity contribution is -0.0493. The fraction of sp³-hybridized carbons (Fsp3) is 0.571. The number of hydrogen-bond donors (Lipinski definition) is 1. The van der Waals surface area contributed by atoms with Crippen LogP contribution in [0.25, 0.3) is 0 Å². The Morgan fingerprint density at radius 2 is 1.71 bits per heavy atom. The van der Waals surface area contributed by atoms with E-state index in [0.717, 1.165) is 23.4 Å². The molecule has 1 aromatic carbocycles. The number of nitrogens with zero attached hydrogens (tertiary/aromatic N) is 1. The van der Waals surface area contributed by atoms with Gasteiger partial charge < -0.3 is 10.0 Å². The predicted molar refractivity (Wildman–Crippen MR) is 69.2 cm³/mol. The van der Waals surface area contributed by atoms with Gasteiger partial charge in [0, 0.05) is 17.1 Å². The van der Waals surface area contributed by atoms with Crippen LogP contribution in [0.1, 0.15) is 31.2 Å². The average Bonchev–Trinajstić information content (AvgIpc) is 2.53. The Kier molecular flexibility index (Phi) is 2.69. The van der Waals surface area contributed by atoms with Crippen molar-refractivity contribution in [2.75, 3.05) is 7.05 Å². The molecule has 0 radical (unpaired) electrons. The number of benzene rings is 1. The molecular formula is C14H18ClNO. The SMILES string of the molecule is CN1C2CCC1CC(O)(c1ccc(Cl)cc1)C2. The summed E-state index contributed by atoms with van der Waals surface area (Å²) in [5.74, 6) is 0. The highest BCUT2D eigenvalue weighted by molar-refractivity contribution is 6.30. The van der Waals surface area contributed by atoms with Crippen LogP contribution in [0.3, 0.4) is 0 Å². The molecule has 3 heteroatoms. The van der Waals surface area contributed by atoms with Gasteiger partial charge in [0.2, 0.25) is 0 Å². The van der Waals surface area contributed by atoms with Crippen molar-refractivity contribution in [2.24, 2.45) is 0 Å². The summed E-state index contributed by atoms with van der Waals surface area (Å²) < 4.78 is 0. The molecule has 2 fully saturated rings. The molecule has 2 aliphatic rings. The molecule has 92 valence electrons. The van der Waals surface area contributed by atoms with Crippen molar-refractivity contribution in [2.45, 2.75) is 43.4 Å². The molecule has 2 atom stereocenters. The first-order valence-corrected chi connectivity index (χ1v) is 6.67. The van der Waals surface area contributed by atoms with Crippen molar-refractivity contribution in [3.63, 3.8) is 0 Å². The fourth-order valence-electron chi connectivity index (χ4n) is 3.44. The van der Waals surface area contributed by atoms with Gasteiger partial charge in [-0.15, -0.1) is 0 Å². The maximum atomic E-state index is 10.9. The molecule has 2 bridgehead atoms. The van der Waals surface area contributed by atoms with Gasteiger partial charge in [0.15, 0.2) is 0 Å². The van der Waals surface area contributed by atoms with E-state index in [9.17, 15) is 5.11 Å². The van der Waals surface area contributed by atoms with E-state index in [1.165, 1.54) is 12.8 Å². The Morgan fingerprint density at radius 1 is 1.18 bits per heavy atom. The van der Waals surface area contributed by atoms with Crippen molar-refractivity contribution in [3.8, 4) is 0 Å². The molecule has 0 aliphatic carbocycles. The third-order valence-corrected chi connectivity index (χ3v) is 4.77. The molecule has 1 N–H and O–H groups in total. The maximum absolute atomic E-state index is 10.9. The lowest BCUT2D eigenvalue weighted by Gasteiger charge is -2.42. The largest absolute Gasteiger partial charge is 0.385 e. The zero-order valence-corrected chi connectivity index (χ0v) is 10.8. The van der Waals surface area contributed by atoms with Crippen LogP contribution in [0.5, 0.6) is 0 Å². The van der Waals surface area contributed by atoms with Crippen LogP contribution < -0.4 is 0 Å². The predicted octanol–water partition coefficient (Wildman–Crippen LogP) is 2.78. The van der Waals surface area contributed by atoms with E-state index in [-0.39, 0.29) is 0 Å². The molecule has 2 heterocycles. The van der Waals surface area contributed by atoms with Gasteiger partial charge >= 0.3 is 0 Å². The van der Waals surface area contributed by atoms with Gasteiger partial charge in [0.1, 0.15) is 0 Å². The van der Waals surface area contributed by atoms with Crippen LogP contribution in [-0.2, 0) is 5.60 Å². The van der Waals surface area contributed by atoms with E-state index in [2.05, 4.69) is 11.9 Å². The zero-order valence-electron chi connectivity index (χ0n) is 10.1. The Bertz CT molecular complexity index is 403. The second-order valence-corrected chi connectivity index (χ2v) is 5.93. The smallest absolute Gasteiger partial charge is 0.0926 e. The monoisotopic (exact) mass is 251 g/mol. The number of hydrogen-bond acceptors (Lipinski definition) is 2. The van der Waals surface area contributed by atoms with E-state index in [1.807, 2.05) is 24.3 Å². The summed E-state index contributed by atoms with van der Waals surface area (Å²) in [7, 11) is 2.18. The van der Waals surface area contributed by atoms with Crippen LogP contribution in [0, 0.1) is 0 Å². The molecule has 0 amide bonds. The van der Waals surface area contributed by atoms with Gasteiger partial charge in [-0.1, -0.05) is 23.7 Å². The van der Waals surface area contributed by atoms with E-state index >= 15 is 0 Å². The van der Waals surface area contributed by atoms with Gasteiger partial charge in [-0.3, -0.25) is 0 Å². The molecule has 1 aromatic rings. The standard InChI is InChI=1S/C14H18ClNO/c1-16-12-6-7-13(16)9-14(17,8-12)10-2-4-11(15)5-3-10/h2-5,12-13,17H,6-9H2,1H3. The molecule has 3 rings (SSSR count). The summed E-state index contributed by atoms with van der Waals surface area (Å²) in [6, 6.07) is 8.74. The molecule has 0 saturated carbocycles. The maximum Gasteiger partial charge on any atom is 0.0926 e. The molecule has 0 spiro atoms. The van der Waals surface area contributed by atoms with Crippen molar-refractivity contribution < 1.29 is 5.11 Å². The zero-order chi connectivity index (χ0) is 12.0. The molecular weight excluding hydrogens is 234 g/mol. The van der Waals surface area contributed by atoms with E-state index in [1.54, 1.807) is 0 Å². The number of fused-ring (bicyclic) bond motifs is 2. The highest BCUT2D eigenvalue weighted by Crippen LogP contribution is 2.44. The van der Waals surface area contributed by atoms with Crippen LogP contribution >= 0.6 is 11.6 Å². The van der Waals surface area contributed by atoms with E-state index in [0.29, 0.717) is 12.1 Å². The Balaban J connectivity index is 1.90. The van der Waals surface area contributed by atoms with Gasteiger partial charge in [0.25, 0.3) is 0 Å². The van der Waals surface area contributed by atoms with Crippen LogP contribution in [0.4, 0.5) is 0 Å². The van der Waals surface area contributed by atoms with Crippen molar-refractivity contribution >= 4 is 11.6 Å². The van der Waals surface area contributed by atoms with Crippen LogP contribution in [0.15, 0.2) is 24.3 Å². The quantitative estimate of drug-likeness (QED) is 0.830. The summed E-state index contributed by atoms with van der Waals surface area (Å²) in [5, 5.41) is 11.6. The molecule has 2 aliphatic heterocycles. The minimum absolute atomic E-state index is 0.537. The molecule has 17 heavy (non-hydrogen) atoms. The Labute approximate surface area is 107 Å². The first-order valence-electron chi connectivity index (χ1n) is 6.29. The van der Waals surface area contributed by atoms with E-state index < -0.39 is 5.60 Å². The summed E-state index contributed by atoms with van der Waals surface area (Å²) >= 11 is 5.90. The Hall–Kier alpha value is -0.570. The van der Waals surface area contributed by atoms with Crippen molar-refractivity contribution in [1.82, 2.24) is 4.90 Å². The van der Waals surface area contributed by atoms with Gasteiger partial charge in [-0.05, 0) is 50.4 Å². The summed E-state index contributed by atoms with van der Waals surface area (Å²) in [6.07, 6.45) is 4.14. The average molecular weight is 252 g/mol. The van der Waals surface area contributed by atoms with Gasteiger partial charge in [0.05, 0.1) is 5.60 Å². The van der Waals surface area contributed by atoms with Gasteiger partial charge in [-0.25, -0.2) is 0 Å². The minimum Gasteiger partial charge on any atom is -0.385 e. The van der Waals surface area contributed by atoms with Crippen LogP contribution in [0.2, 0.25) is 5.02 Å². The third kappa shape index (κ3) is 1.88. The van der Waals surface area contributed by atoms with Gasteiger partial charge in [-0.2, -0.15) is 0 Å². The molecule has 2 nitrogen and oxygen atoms in total. The number of rotatable bonds is 1. The minimum atomic E-state index is -0.650. The first-order chi connectivity index (χ1) is 8.08. The fourth-order valence-corrected chi connectivity index (χ4v) is 3.57. The molecule has 2 saturated heterocycles. The lowest BCUT2D eigenvalue weighted by atomic mass is 9.81. The number of aliphatic hydroxyl groups is 1.